The van der Waals surface area contributed by atoms with Crippen molar-refractivity contribution in [3.8, 4) is 11.8 Å². The van der Waals surface area contributed by atoms with E-state index < -0.39 is 0 Å². The van der Waals surface area contributed by atoms with Gasteiger partial charge in [-0.3, -0.25) is 0 Å². The van der Waals surface area contributed by atoms with E-state index in [1.165, 1.54) is 70.6 Å². The van der Waals surface area contributed by atoms with Crippen LogP contribution in [0.5, 0.6) is 0 Å². The molecule has 1 atom stereocenters. The highest BCUT2D eigenvalue weighted by atomic mass is 16.7. The molecule has 0 spiro atoms. The minimum absolute atomic E-state index is 0.0746. The van der Waals surface area contributed by atoms with E-state index in [0.29, 0.717) is 0 Å². The monoisotopic (exact) mass is 322 g/mol. The third-order valence-corrected chi connectivity index (χ3v) is 4.42. The highest BCUT2D eigenvalue weighted by molar-refractivity contribution is 4.98. The molecule has 0 amide bonds. The fourth-order valence-corrected chi connectivity index (χ4v) is 2.90. The van der Waals surface area contributed by atoms with Crippen molar-refractivity contribution in [1.82, 2.24) is 0 Å². The van der Waals surface area contributed by atoms with Crippen LogP contribution in [0.2, 0.25) is 0 Å². The summed E-state index contributed by atoms with van der Waals surface area (Å²) in [4.78, 5) is 0. The zero-order chi connectivity index (χ0) is 16.4. The zero-order valence-corrected chi connectivity index (χ0v) is 15.4. The van der Waals surface area contributed by atoms with Crippen LogP contribution in [-0.2, 0) is 9.47 Å². The van der Waals surface area contributed by atoms with Gasteiger partial charge >= 0.3 is 0 Å². The van der Waals surface area contributed by atoms with Gasteiger partial charge in [-0.25, -0.2) is 0 Å². The first kappa shape index (κ1) is 20.5. The van der Waals surface area contributed by atoms with Crippen molar-refractivity contribution in [2.24, 2.45) is 0 Å². The van der Waals surface area contributed by atoms with E-state index in [0.717, 1.165) is 38.9 Å². The Morgan fingerprint density at radius 1 is 0.826 bits per heavy atom. The van der Waals surface area contributed by atoms with Crippen molar-refractivity contribution in [3.05, 3.63) is 0 Å². The molecule has 1 aliphatic heterocycles. The second-order valence-corrected chi connectivity index (χ2v) is 6.70. The highest BCUT2D eigenvalue weighted by Crippen LogP contribution is 2.14. The SMILES string of the molecule is CCCCCCCCCC#CCCCCCOC1CCCCO1. The predicted molar refractivity (Wildman–Crippen MR) is 98.4 cm³/mol. The summed E-state index contributed by atoms with van der Waals surface area (Å²) in [6.07, 6.45) is 18.9. The third-order valence-electron chi connectivity index (χ3n) is 4.42. The van der Waals surface area contributed by atoms with Crippen molar-refractivity contribution < 1.29 is 9.47 Å². The molecule has 1 rings (SSSR count). The van der Waals surface area contributed by atoms with Crippen LogP contribution in [0.1, 0.15) is 103 Å². The van der Waals surface area contributed by atoms with Crippen molar-refractivity contribution in [2.75, 3.05) is 13.2 Å². The Kier molecular flexibility index (Phi) is 14.6. The lowest BCUT2D eigenvalue weighted by Gasteiger charge is -2.22. The van der Waals surface area contributed by atoms with Crippen LogP contribution in [0.15, 0.2) is 0 Å². The maximum Gasteiger partial charge on any atom is 0.157 e. The molecule has 1 saturated heterocycles. The molecule has 0 aromatic rings. The summed E-state index contributed by atoms with van der Waals surface area (Å²) in [6, 6.07) is 0. The normalized spacial score (nSPS) is 17.7. The standard InChI is InChI=1S/C21H38O2/c1-2-3-4-5-6-7-8-9-10-11-12-13-14-16-19-22-21-18-15-17-20-23-21/h21H,2-9,12-20H2,1H3. The summed E-state index contributed by atoms with van der Waals surface area (Å²) in [7, 11) is 0. The maximum atomic E-state index is 5.73. The first-order chi connectivity index (χ1) is 11.4. The van der Waals surface area contributed by atoms with E-state index in [2.05, 4.69) is 18.8 Å². The topological polar surface area (TPSA) is 18.5 Å². The summed E-state index contributed by atoms with van der Waals surface area (Å²) < 4.78 is 11.3. The smallest absolute Gasteiger partial charge is 0.157 e. The molecule has 1 aliphatic rings. The van der Waals surface area contributed by atoms with Gasteiger partial charge in [0.25, 0.3) is 0 Å². The van der Waals surface area contributed by atoms with Crippen LogP contribution in [0.4, 0.5) is 0 Å². The van der Waals surface area contributed by atoms with Gasteiger partial charge in [0.05, 0.1) is 0 Å². The van der Waals surface area contributed by atoms with E-state index in [1.807, 2.05) is 0 Å². The fraction of sp³-hybridized carbons (Fsp3) is 0.905. The van der Waals surface area contributed by atoms with Gasteiger partial charge in [0.15, 0.2) is 6.29 Å². The number of unbranched alkanes of at least 4 members (excludes halogenated alkanes) is 10. The molecule has 1 fully saturated rings. The van der Waals surface area contributed by atoms with Gasteiger partial charge in [-0.05, 0) is 38.5 Å². The molecule has 0 aliphatic carbocycles. The lowest BCUT2D eigenvalue weighted by atomic mass is 10.1. The molecular weight excluding hydrogens is 284 g/mol. The maximum absolute atomic E-state index is 5.73. The van der Waals surface area contributed by atoms with E-state index in [1.54, 1.807) is 0 Å². The Hall–Kier alpha value is -0.520. The van der Waals surface area contributed by atoms with E-state index in [4.69, 9.17) is 9.47 Å². The molecule has 2 nitrogen and oxygen atoms in total. The molecule has 0 bridgehead atoms. The molecule has 1 unspecified atom stereocenters. The summed E-state index contributed by atoms with van der Waals surface area (Å²) in [5, 5.41) is 0. The van der Waals surface area contributed by atoms with Gasteiger partial charge in [0.2, 0.25) is 0 Å². The van der Waals surface area contributed by atoms with Crippen LogP contribution in [0.3, 0.4) is 0 Å². The molecule has 0 radical (unpaired) electrons. The van der Waals surface area contributed by atoms with Crippen molar-refractivity contribution >= 4 is 0 Å². The first-order valence-electron chi connectivity index (χ1n) is 10.1. The van der Waals surface area contributed by atoms with E-state index >= 15 is 0 Å². The van der Waals surface area contributed by atoms with Crippen LogP contribution in [-0.4, -0.2) is 19.5 Å². The quantitative estimate of drug-likeness (QED) is 0.295. The van der Waals surface area contributed by atoms with Gasteiger partial charge in [-0.1, -0.05) is 51.9 Å². The molecule has 1 heterocycles. The Morgan fingerprint density at radius 3 is 2.13 bits per heavy atom. The number of rotatable bonds is 13. The Morgan fingerprint density at radius 2 is 1.48 bits per heavy atom. The molecule has 0 aromatic carbocycles. The second-order valence-electron chi connectivity index (χ2n) is 6.70. The van der Waals surface area contributed by atoms with E-state index in [9.17, 15) is 0 Å². The second kappa shape index (κ2) is 16.3. The minimum atomic E-state index is 0.0746. The summed E-state index contributed by atoms with van der Waals surface area (Å²) >= 11 is 0. The first-order valence-corrected chi connectivity index (χ1v) is 10.1. The average Bonchev–Trinajstić information content (AvgIpc) is 2.59. The lowest BCUT2D eigenvalue weighted by molar-refractivity contribution is -0.162. The zero-order valence-electron chi connectivity index (χ0n) is 15.4. The largest absolute Gasteiger partial charge is 0.353 e. The highest BCUT2D eigenvalue weighted by Gasteiger charge is 2.12. The van der Waals surface area contributed by atoms with Crippen LogP contribution in [0.25, 0.3) is 0 Å². The Labute approximate surface area is 144 Å². The molecular formula is C21H38O2. The lowest BCUT2D eigenvalue weighted by Crippen LogP contribution is -2.22. The van der Waals surface area contributed by atoms with Gasteiger partial charge in [-0.15, -0.1) is 11.8 Å². The molecule has 134 valence electrons. The van der Waals surface area contributed by atoms with Gasteiger partial charge in [0.1, 0.15) is 0 Å². The minimum Gasteiger partial charge on any atom is -0.353 e. The van der Waals surface area contributed by atoms with Gasteiger partial charge in [0, 0.05) is 26.1 Å². The average molecular weight is 323 g/mol. The van der Waals surface area contributed by atoms with E-state index in [-0.39, 0.29) is 6.29 Å². The molecule has 0 N–H and O–H groups in total. The van der Waals surface area contributed by atoms with Gasteiger partial charge < -0.3 is 9.47 Å². The van der Waals surface area contributed by atoms with Crippen molar-refractivity contribution in [1.29, 1.82) is 0 Å². The number of hydrogen-bond donors (Lipinski definition) is 0. The summed E-state index contributed by atoms with van der Waals surface area (Å²) in [5.41, 5.74) is 0. The van der Waals surface area contributed by atoms with Crippen molar-refractivity contribution in [2.45, 2.75) is 110 Å². The summed E-state index contributed by atoms with van der Waals surface area (Å²) in [5.74, 6) is 6.65. The third kappa shape index (κ3) is 13.6. The molecule has 23 heavy (non-hydrogen) atoms. The fourth-order valence-electron chi connectivity index (χ4n) is 2.90. The number of ether oxygens (including phenoxy) is 2. The van der Waals surface area contributed by atoms with Crippen LogP contribution < -0.4 is 0 Å². The summed E-state index contributed by atoms with van der Waals surface area (Å²) in [6.45, 7) is 3.99. The predicted octanol–water partition coefficient (Wildman–Crippen LogP) is 6.23. The van der Waals surface area contributed by atoms with Crippen molar-refractivity contribution in [3.63, 3.8) is 0 Å². The Balaban J connectivity index is 1.75. The van der Waals surface area contributed by atoms with Crippen LogP contribution >= 0.6 is 0 Å². The molecule has 2 heteroatoms. The van der Waals surface area contributed by atoms with Crippen LogP contribution in [0, 0.1) is 11.8 Å². The van der Waals surface area contributed by atoms with Gasteiger partial charge in [-0.2, -0.15) is 0 Å². The Bertz CT molecular complexity index is 297. The molecule has 0 aromatic heterocycles. The number of hydrogen-bond acceptors (Lipinski definition) is 2. The molecule has 0 saturated carbocycles.